The number of fused-ring (bicyclic) bond motifs is 1. The quantitative estimate of drug-likeness (QED) is 0.824. The molecule has 0 spiro atoms. The van der Waals surface area contributed by atoms with Crippen molar-refractivity contribution in [2.75, 3.05) is 7.05 Å². The van der Waals surface area contributed by atoms with E-state index < -0.39 is 5.92 Å². The smallest absolute Gasteiger partial charge is 0.252 e. The lowest BCUT2D eigenvalue weighted by molar-refractivity contribution is -0.205. The summed E-state index contributed by atoms with van der Waals surface area (Å²) in [5.41, 5.74) is 4.05. The number of aromatic nitrogens is 2. The molecule has 3 heterocycles. The second kappa shape index (κ2) is 6.25. The van der Waals surface area contributed by atoms with E-state index in [1.807, 2.05) is 38.2 Å². The maximum atomic E-state index is 13.2. The first-order chi connectivity index (χ1) is 12.5. The summed E-state index contributed by atoms with van der Waals surface area (Å²) in [6, 6.07) is 7.62. The Kier molecular flexibility index (Phi) is 4.03. The van der Waals surface area contributed by atoms with E-state index in [2.05, 4.69) is 5.10 Å². The van der Waals surface area contributed by atoms with Gasteiger partial charge in [-0.2, -0.15) is 5.10 Å². The number of hydroxylamine groups is 2. The van der Waals surface area contributed by atoms with Crippen molar-refractivity contribution in [3.8, 4) is 0 Å². The molecule has 2 aromatic rings. The number of hydrogen-bond donors (Lipinski definition) is 0. The minimum absolute atomic E-state index is 0.0333. The Hall–Kier alpha value is -2.67. The molecule has 136 valence electrons. The zero-order valence-corrected chi connectivity index (χ0v) is 15.2. The van der Waals surface area contributed by atoms with Gasteiger partial charge in [0.25, 0.3) is 5.91 Å². The minimum atomic E-state index is -0.472. The van der Waals surface area contributed by atoms with Gasteiger partial charge in [0.15, 0.2) is 0 Å². The summed E-state index contributed by atoms with van der Waals surface area (Å²) in [6.07, 6.45) is 1.94. The highest BCUT2D eigenvalue weighted by Gasteiger charge is 2.46. The van der Waals surface area contributed by atoms with Crippen molar-refractivity contribution in [3.05, 3.63) is 52.8 Å². The predicted octanol–water partition coefficient (Wildman–Crippen LogP) is 1.72. The molecule has 0 N–H and O–H groups in total. The highest BCUT2D eigenvalue weighted by Crippen LogP contribution is 2.40. The Labute approximate surface area is 152 Å². The summed E-state index contributed by atoms with van der Waals surface area (Å²) in [5.74, 6) is -0.653. The van der Waals surface area contributed by atoms with Crippen LogP contribution in [0.2, 0.25) is 0 Å². The van der Waals surface area contributed by atoms with Gasteiger partial charge in [-0.05, 0) is 18.1 Å². The number of aryl methyl sites for hydroxylation is 1. The zero-order chi connectivity index (χ0) is 18.4. The normalized spacial score (nSPS) is 22.7. The molecule has 1 fully saturated rings. The van der Waals surface area contributed by atoms with E-state index in [0.717, 1.165) is 22.4 Å². The molecular formula is C19H22N4O3. The summed E-state index contributed by atoms with van der Waals surface area (Å²) in [7, 11) is 3.61. The van der Waals surface area contributed by atoms with Gasteiger partial charge >= 0.3 is 0 Å². The van der Waals surface area contributed by atoms with Gasteiger partial charge in [-0.15, -0.1) is 0 Å². The zero-order valence-electron chi connectivity index (χ0n) is 15.2. The van der Waals surface area contributed by atoms with E-state index in [0.29, 0.717) is 13.2 Å². The van der Waals surface area contributed by atoms with E-state index in [4.69, 9.17) is 4.84 Å². The average molecular weight is 354 g/mol. The topological polar surface area (TPSA) is 67.7 Å². The van der Waals surface area contributed by atoms with Crippen LogP contribution in [0.15, 0.2) is 30.5 Å². The Morgan fingerprint density at radius 3 is 2.65 bits per heavy atom. The molecule has 0 saturated carbocycles. The number of carbonyl (C=O) groups excluding carboxylic acids is 2. The summed E-state index contributed by atoms with van der Waals surface area (Å²) >= 11 is 0. The second-order valence-corrected chi connectivity index (χ2v) is 6.99. The standard InChI is InChI=1S/C19H22N4O3/c1-12-16(9-20-22(12)3)18-15(8-17(24)21(18)2)19(25)23-10-13-6-4-5-7-14(13)11-26-23/h4-7,9,15,18H,8,10-11H2,1-3H3/t15-,18-/m0/s1. The van der Waals surface area contributed by atoms with Crippen molar-refractivity contribution >= 4 is 11.8 Å². The number of carbonyl (C=O) groups is 2. The Morgan fingerprint density at radius 1 is 1.23 bits per heavy atom. The van der Waals surface area contributed by atoms with Crippen LogP contribution in [0.3, 0.4) is 0 Å². The van der Waals surface area contributed by atoms with Crippen LogP contribution in [0.5, 0.6) is 0 Å². The summed E-state index contributed by atoms with van der Waals surface area (Å²) in [6.45, 7) is 2.73. The van der Waals surface area contributed by atoms with Gasteiger partial charge in [-0.25, -0.2) is 5.06 Å². The molecule has 0 bridgehead atoms. The summed E-state index contributed by atoms with van der Waals surface area (Å²) in [5, 5.41) is 5.69. The van der Waals surface area contributed by atoms with E-state index in [1.165, 1.54) is 5.06 Å². The molecule has 1 aromatic carbocycles. The second-order valence-electron chi connectivity index (χ2n) is 6.99. The van der Waals surface area contributed by atoms with Gasteiger partial charge in [-0.3, -0.25) is 19.1 Å². The first kappa shape index (κ1) is 16.8. The third-order valence-electron chi connectivity index (χ3n) is 5.55. The molecule has 7 nitrogen and oxygen atoms in total. The van der Waals surface area contributed by atoms with Gasteiger partial charge < -0.3 is 4.90 Å². The highest BCUT2D eigenvalue weighted by molar-refractivity contribution is 5.90. The van der Waals surface area contributed by atoms with Gasteiger partial charge in [-0.1, -0.05) is 24.3 Å². The molecule has 7 heteroatoms. The van der Waals surface area contributed by atoms with E-state index in [-0.39, 0.29) is 24.3 Å². The van der Waals surface area contributed by atoms with Crippen LogP contribution in [-0.2, 0) is 34.6 Å². The lowest BCUT2D eigenvalue weighted by atomic mass is 9.93. The first-order valence-corrected chi connectivity index (χ1v) is 8.72. The highest BCUT2D eigenvalue weighted by atomic mass is 16.7. The van der Waals surface area contributed by atoms with Crippen LogP contribution >= 0.6 is 0 Å². The lowest BCUT2D eigenvalue weighted by Crippen LogP contribution is -2.40. The van der Waals surface area contributed by atoms with E-state index in [9.17, 15) is 9.59 Å². The van der Waals surface area contributed by atoms with Crippen molar-refractivity contribution in [1.29, 1.82) is 0 Å². The van der Waals surface area contributed by atoms with Crippen LogP contribution in [-0.4, -0.2) is 38.6 Å². The maximum Gasteiger partial charge on any atom is 0.252 e. The average Bonchev–Trinajstić information content (AvgIpc) is 3.13. The third kappa shape index (κ3) is 2.59. The van der Waals surface area contributed by atoms with E-state index >= 15 is 0 Å². The fourth-order valence-corrected chi connectivity index (χ4v) is 3.85. The van der Waals surface area contributed by atoms with Crippen LogP contribution in [0, 0.1) is 12.8 Å². The number of likely N-dealkylation sites (tertiary alicyclic amines) is 1. The fraction of sp³-hybridized carbons (Fsp3) is 0.421. The SMILES string of the molecule is Cc1c([C@@H]2[C@@H](C(=O)N3Cc4ccccc4CO3)CC(=O)N2C)cnn1C. The molecule has 2 atom stereocenters. The van der Waals surface area contributed by atoms with Crippen molar-refractivity contribution in [3.63, 3.8) is 0 Å². The molecule has 2 aliphatic heterocycles. The molecule has 0 unspecified atom stereocenters. The Bertz CT molecular complexity index is 875. The van der Waals surface area contributed by atoms with Crippen LogP contribution in [0.1, 0.15) is 34.8 Å². The monoisotopic (exact) mass is 354 g/mol. The molecule has 1 aromatic heterocycles. The summed E-state index contributed by atoms with van der Waals surface area (Å²) < 4.78 is 1.77. The summed E-state index contributed by atoms with van der Waals surface area (Å²) in [4.78, 5) is 32.9. The van der Waals surface area contributed by atoms with Crippen molar-refractivity contribution in [2.24, 2.45) is 13.0 Å². The molecule has 0 aliphatic carbocycles. The van der Waals surface area contributed by atoms with Crippen LogP contribution < -0.4 is 0 Å². The van der Waals surface area contributed by atoms with Crippen molar-refractivity contribution in [2.45, 2.75) is 32.5 Å². The third-order valence-corrected chi connectivity index (χ3v) is 5.55. The lowest BCUT2D eigenvalue weighted by Gasteiger charge is -2.32. The number of rotatable bonds is 2. The van der Waals surface area contributed by atoms with Gasteiger partial charge in [0.1, 0.15) is 6.61 Å². The molecule has 2 amide bonds. The predicted molar refractivity (Wildman–Crippen MR) is 93.3 cm³/mol. The number of benzene rings is 1. The number of amides is 2. The van der Waals surface area contributed by atoms with Crippen LogP contribution in [0.4, 0.5) is 0 Å². The molecule has 2 aliphatic rings. The van der Waals surface area contributed by atoms with Crippen molar-refractivity contribution < 1.29 is 14.4 Å². The van der Waals surface area contributed by atoms with Gasteiger partial charge in [0.2, 0.25) is 5.91 Å². The molecule has 26 heavy (non-hydrogen) atoms. The largest absolute Gasteiger partial charge is 0.338 e. The van der Waals surface area contributed by atoms with E-state index in [1.54, 1.807) is 22.8 Å². The maximum absolute atomic E-state index is 13.2. The Morgan fingerprint density at radius 2 is 1.96 bits per heavy atom. The molecule has 0 radical (unpaired) electrons. The number of nitrogens with zero attached hydrogens (tertiary/aromatic N) is 4. The fourth-order valence-electron chi connectivity index (χ4n) is 3.85. The minimum Gasteiger partial charge on any atom is -0.338 e. The molecule has 1 saturated heterocycles. The van der Waals surface area contributed by atoms with Crippen LogP contribution in [0.25, 0.3) is 0 Å². The molecule has 4 rings (SSSR count). The molecular weight excluding hydrogens is 332 g/mol. The Balaban J connectivity index is 1.62. The van der Waals surface area contributed by atoms with Gasteiger partial charge in [0, 0.05) is 31.8 Å². The first-order valence-electron chi connectivity index (χ1n) is 8.72. The van der Waals surface area contributed by atoms with Gasteiger partial charge in [0.05, 0.1) is 24.7 Å². The number of hydrogen-bond acceptors (Lipinski definition) is 4. The van der Waals surface area contributed by atoms with Crippen molar-refractivity contribution in [1.82, 2.24) is 19.7 Å².